The van der Waals surface area contributed by atoms with Gasteiger partial charge in [0, 0.05) is 6.42 Å². The first kappa shape index (κ1) is 24.3. The molecule has 0 bridgehead atoms. The Hall–Kier alpha value is -2.00. The normalized spacial score (nSPS) is 13.3. The van der Waals surface area contributed by atoms with Gasteiger partial charge in [0.1, 0.15) is 0 Å². The summed E-state index contributed by atoms with van der Waals surface area (Å²) in [6, 6.07) is 13.0. The Balaban J connectivity index is 2.01. The summed E-state index contributed by atoms with van der Waals surface area (Å²) >= 11 is 0. The zero-order valence-corrected chi connectivity index (χ0v) is 20.0. The average Bonchev–Trinajstić information content (AvgIpc) is 2.70. The summed E-state index contributed by atoms with van der Waals surface area (Å²) in [5, 5.41) is 0. The smallest absolute Gasteiger partial charge is 0.199 e. The first-order chi connectivity index (χ1) is 14.4. The molecule has 0 N–H and O–H groups in total. The molecular formula is C27H40O3. The minimum Gasteiger partial charge on any atom is -0.493 e. The zero-order chi connectivity index (χ0) is 22.1. The van der Waals surface area contributed by atoms with Gasteiger partial charge in [-0.25, -0.2) is 0 Å². The molecule has 2 rings (SSSR count). The molecule has 30 heavy (non-hydrogen) atoms. The Morgan fingerprint density at radius 3 is 2.13 bits per heavy atom. The second-order valence-corrected chi connectivity index (χ2v) is 8.72. The number of aryl methyl sites for hydroxylation is 2. The minimum atomic E-state index is -0.284. The predicted octanol–water partition coefficient (Wildman–Crippen LogP) is 7.23. The van der Waals surface area contributed by atoms with Crippen molar-refractivity contribution in [3.8, 4) is 11.5 Å². The van der Waals surface area contributed by atoms with Crippen molar-refractivity contribution >= 4 is 0 Å². The van der Waals surface area contributed by atoms with E-state index in [1.54, 1.807) is 7.11 Å². The third-order valence-electron chi connectivity index (χ3n) is 5.48. The molecule has 2 aromatic carbocycles. The highest BCUT2D eigenvalue weighted by atomic mass is 16.7. The van der Waals surface area contributed by atoms with E-state index in [-0.39, 0.29) is 6.29 Å². The zero-order valence-electron chi connectivity index (χ0n) is 20.0. The van der Waals surface area contributed by atoms with Crippen LogP contribution in [-0.2, 0) is 11.2 Å². The molecule has 0 saturated heterocycles. The molecule has 2 unspecified atom stereocenters. The lowest BCUT2D eigenvalue weighted by atomic mass is 9.88. The largest absolute Gasteiger partial charge is 0.493 e. The van der Waals surface area contributed by atoms with Crippen molar-refractivity contribution < 1.29 is 14.2 Å². The van der Waals surface area contributed by atoms with Gasteiger partial charge in [0.2, 0.25) is 0 Å². The van der Waals surface area contributed by atoms with E-state index < -0.39 is 0 Å². The lowest BCUT2D eigenvalue weighted by Crippen LogP contribution is -2.21. The summed E-state index contributed by atoms with van der Waals surface area (Å²) in [5.41, 5.74) is 5.21. The number of ether oxygens (including phenoxy) is 3. The number of methoxy groups -OCH3 is 1. The van der Waals surface area contributed by atoms with Crippen molar-refractivity contribution in [3.05, 3.63) is 58.7 Å². The highest BCUT2D eigenvalue weighted by molar-refractivity contribution is 5.44. The number of rotatable bonds is 12. The molecule has 0 radical (unpaired) electrons. The van der Waals surface area contributed by atoms with Gasteiger partial charge in [0.25, 0.3) is 0 Å². The number of hydrogen-bond acceptors (Lipinski definition) is 3. The van der Waals surface area contributed by atoms with Gasteiger partial charge >= 0.3 is 0 Å². The van der Waals surface area contributed by atoms with Gasteiger partial charge in [0.15, 0.2) is 17.8 Å². The van der Waals surface area contributed by atoms with Crippen LogP contribution in [0.5, 0.6) is 11.5 Å². The second-order valence-electron chi connectivity index (χ2n) is 8.72. The molecule has 2 atom stereocenters. The first-order valence-electron chi connectivity index (χ1n) is 11.4. The summed E-state index contributed by atoms with van der Waals surface area (Å²) < 4.78 is 17.9. The third-order valence-corrected chi connectivity index (χ3v) is 5.48. The maximum Gasteiger partial charge on any atom is 0.199 e. The highest BCUT2D eigenvalue weighted by Crippen LogP contribution is 2.35. The number of hydrogen-bond donors (Lipinski definition) is 0. The monoisotopic (exact) mass is 412 g/mol. The van der Waals surface area contributed by atoms with Crippen LogP contribution in [0.25, 0.3) is 0 Å². The Kier molecular flexibility index (Phi) is 9.71. The molecular weight excluding hydrogens is 372 g/mol. The molecule has 0 amide bonds. The topological polar surface area (TPSA) is 27.7 Å². The van der Waals surface area contributed by atoms with Crippen molar-refractivity contribution in [2.75, 3.05) is 13.7 Å². The standard InChI is InChI=1S/C27H40O3/c1-8-23(14-19(3)4)24-10-11-25(26(18-24)28-7)30-27(9-2)29-13-12-22-16-20(5)15-21(6)17-22/h10-11,15-19,23,27H,8-9,12-14H2,1-7H3. The van der Waals surface area contributed by atoms with Gasteiger partial charge in [-0.05, 0) is 68.2 Å². The Morgan fingerprint density at radius 2 is 1.57 bits per heavy atom. The van der Waals surface area contributed by atoms with Crippen LogP contribution in [0.15, 0.2) is 36.4 Å². The van der Waals surface area contributed by atoms with Gasteiger partial charge in [-0.3, -0.25) is 0 Å². The maximum atomic E-state index is 6.17. The summed E-state index contributed by atoms with van der Waals surface area (Å²) in [6.07, 6.45) is 3.68. The van der Waals surface area contributed by atoms with Crippen LogP contribution in [0.1, 0.15) is 75.1 Å². The lowest BCUT2D eigenvalue weighted by Gasteiger charge is -2.22. The molecule has 0 heterocycles. The Bertz CT molecular complexity index is 761. The third kappa shape index (κ3) is 7.36. The molecule has 0 aliphatic heterocycles. The van der Waals surface area contributed by atoms with Crippen LogP contribution in [0.3, 0.4) is 0 Å². The fraction of sp³-hybridized carbons (Fsp3) is 0.556. The van der Waals surface area contributed by atoms with Crippen LogP contribution >= 0.6 is 0 Å². The fourth-order valence-corrected chi connectivity index (χ4v) is 4.04. The molecule has 0 saturated carbocycles. The van der Waals surface area contributed by atoms with E-state index in [0.29, 0.717) is 18.4 Å². The SMILES string of the molecule is CCC(OCCc1cc(C)cc(C)c1)Oc1ccc(C(CC)CC(C)C)cc1OC. The van der Waals surface area contributed by atoms with E-state index in [1.807, 2.05) is 6.07 Å². The quantitative estimate of drug-likeness (QED) is 0.344. The molecule has 3 nitrogen and oxygen atoms in total. The van der Waals surface area contributed by atoms with Crippen LogP contribution in [0, 0.1) is 19.8 Å². The van der Waals surface area contributed by atoms with E-state index in [9.17, 15) is 0 Å². The average molecular weight is 413 g/mol. The van der Waals surface area contributed by atoms with Crippen molar-refractivity contribution in [1.29, 1.82) is 0 Å². The minimum absolute atomic E-state index is 0.284. The molecule has 0 spiro atoms. The molecule has 3 heteroatoms. The van der Waals surface area contributed by atoms with Crippen LogP contribution < -0.4 is 9.47 Å². The maximum absolute atomic E-state index is 6.17. The van der Waals surface area contributed by atoms with E-state index >= 15 is 0 Å². The van der Waals surface area contributed by atoms with E-state index in [2.05, 4.69) is 71.9 Å². The van der Waals surface area contributed by atoms with Gasteiger partial charge < -0.3 is 14.2 Å². The van der Waals surface area contributed by atoms with Crippen molar-refractivity contribution in [2.24, 2.45) is 5.92 Å². The molecule has 2 aromatic rings. The van der Waals surface area contributed by atoms with Gasteiger partial charge in [-0.2, -0.15) is 0 Å². The summed E-state index contributed by atoms with van der Waals surface area (Å²) in [6.45, 7) is 13.8. The van der Waals surface area contributed by atoms with Crippen molar-refractivity contribution in [2.45, 2.75) is 79.4 Å². The van der Waals surface area contributed by atoms with Crippen LogP contribution in [0.4, 0.5) is 0 Å². The predicted molar refractivity (Wildman–Crippen MR) is 126 cm³/mol. The molecule has 166 valence electrons. The van der Waals surface area contributed by atoms with Crippen molar-refractivity contribution in [3.63, 3.8) is 0 Å². The summed E-state index contributed by atoms with van der Waals surface area (Å²) in [4.78, 5) is 0. The van der Waals surface area contributed by atoms with Crippen molar-refractivity contribution in [1.82, 2.24) is 0 Å². The summed E-state index contributed by atoms with van der Waals surface area (Å²) in [5.74, 6) is 2.75. The molecule has 0 aromatic heterocycles. The lowest BCUT2D eigenvalue weighted by molar-refractivity contribution is -0.0813. The second kappa shape index (κ2) is 12.0. The molecule has 0 fully saturated rings. The van der Waals surface area contributed by atoms with Crippen LogP contribution in [0.2, 0.25) is 0 Å². The van der Waals surface area contributed by atoms with Gasteiger partial charge in [-0.15, -0.1) is 0 Å². The highest BCUT2D eigenvalue weighted by Gasteiger charge is 2.17. The molecule has 0 aliphatic rings. The van der Waals surface area contributed by atoms with Gasteiger partial charge in [-0.1, -0.05) is 63.1 Å². The van der Waals surface area contributed by atoms with Crippen LogP contribution in [-0.4, -0.2) is 20.0 Å². The van der Waals surface area contributed by atoms with E-state index in [4.69, 9.17) is 14.2 Å². The van der Waals surface area contributed by atoms with E-state index in [1.165, 1.54) is 28.7 Å². The Labute approximate surface area is 183 Å². The first-order valence-corrected chi connectivity index (χ1v) is 11.4. The summed E-state index contributed by atoms with van der Waals surface area (Å²) in [7, 11) is 1.71. The van der Waals surface area contributed by atoms with Gasteiger partial charge in [0.05, 0.1) is 13.7 Å². The fourth-order valence-electron chi connectivity index (χ4n) is 4.04. The number of benzene rings is 2. The molecule has 0 aliphatic carbocycles. The van der Waals surface area contributed by atoms with E-state index in [0.717, 1.165) is 30.8 Å². The Morgan fingerprint density at radius 1 is 0.867 bits per heavy atom.